The van der Waals surface area contributed by atoms with Crippen molar-refractivity contribution >= 4 is 22.8 Å². The minimum Gasteiger partial charge on any atom is -0.467 e. The fourth-order valence-corrected chi connectivity index (χ4v) is 4.12. The zero-order chi connectivity index (χ0) is 20.2. The number of carbonyl (C=O) groups is 2. The third kappa shape index (κ3) is 4.32. The average molecular weight is 392 g/mol. The molecule has 1 aliphatic heterocycles. The van der Waals surface area contributed by atoms with Crippen molar-refractivity contribution in [2.75, 3.05) is 20.2 Å². The largest absolute Gasteiger partial charge is 0.467 e. The predicted molar refractivity (Wildman–Crippen MR) is 110 cm³/mol. The van der Waals surface area contributed by atoms with Crippen LogP contribution in [0.15, 0.2) is 54.7 Å². The second kappa shape index (κ2) is 8.49. The molecule has 0 bridgehead atoms. The molecule has 4 rings (SSSR count). The maximum absolute atomic E-state index is 12.7. The zero-order valence-corrected chi connectivity index (χ0v) is 16.5. The molecule has 2 heterocycles. The molecule has 1 aromatic heterocycles. The van der Waals surface area contributed by atoms with E-state index in [0.29, 0.717) is 13.0 Å². The zero-order valence-electron chi connectivity index (χ0n) is 16.5. The number of hydrogen-bond donors (Lipinski definition) is 3. The number of methoxy groups -OCH3 is 1. The number of quaternary nitrogens is 1. The number of aromatic amines is 1. The number of ether oxygens (including phenoxy) is 1. The number of carbonyl (C=O) groups excluding carboxylic acids is 2. The van der Waals surface area contributed by atoms with E-state index >= 15 is 0 Å². The summed E-state index contributed by atoms with van der Waals surface area (Å²) < 4.78 is 4.94. The predicted octanol–water partition coefficient (Wildman–Crippen LogP) is 1.01. The molecule has 3 N–H and O–H groups in total. The molecule has 0 saturated carbocycles. The van der Waals surface area contributed by atoms with Crippen LogP contribution < -0.4 is 10.2 Å². The lowest BCUT2D eigenvalue weighted by Crippen LogP contribution is -3.13. The summed E-state index contributed by atoms with van der Waals surface area (Å²) in [4.78, 5) is 29.4. The molecule has 2 atom stereocenters. The fraction of sp³-hybridized carbons (Fsp3) is 0.304. The van der Waals surface area contributed by atoms with Crippen molar-refractivity contribution < 1.29 is 19.2 Å². The van der Waals surface area contributed by atoms with Gasteiger partial charge in [-0.2, -0.15) is 0 Å². The van der Waals surface area contributed by atoms with Gasteiger partial charge in [0.15, 0.2) is 6.54 Å². The first-order valence-electron chi connectivity index (χ1n) is 9.96. The van der Waals surface area contributed by atoms with Crippen molar-refractivity contribution in [2.24, 2.45) is 0 Å². The number of benzene rings is 2. The van der Waals surface area contributed by atoms with E-state index < -0.39 is 12.0 Å². The highest BCUT2D eigenvalue weighted by Crippen LogP contribution is 2.19. The van der Waals surface area contributed by atoms with E-state index in [9.17, 15) is 9.59 Å². The van der Waals surface area contributed by atoms with Crippen molar-refractivity contribution in [2.45, 2.75) is 25.4 Å². The van der Waals surface area contributed by atoms with Gasteiger partial charge in [0.2, 0.25) is 0 Å². The van der Waals surface area contributed by atoms with Gasteiger partial charge in [0, 0.05) is 35.5 Å². The maximum atomic E-state index is 12.7. The topological polar surface area (TPSA) is 75.6 Å². The number of para-hydroxylation sites is 1. The van der Waals surface area contributed by atoms with E-state index in [4.69, 9.17) is 4.74 Å². The van der Waals surface area contributed by atoms with Crippen molar-refractivity contribution in [3.8, 4) is 0 Å². The molecule has 2 aromatic carbocycles. The number of H-pyrrole nitrogens is 1. The van der Waals surface area contributed by atoms with Gasteiger partial charge in [-0.1, -0.05) is 42.5 Å². The molecule has 6 heteroatoms. The molecular formula is C23H26N3O3+. The van der Waals surface area contributed by atoms with Crippen LogP contribution in [0.5, 0.6) is 0 Å². The smallest absolute Gasteiger partial charge is 0.328 e. The summed E-state index contributed by atoms with van der Waals surface area (Å²) in [5, 5.41) is 3.94. The number of amides is 1. The first kappa shape index (κ1) is 19.2. The Morgan fingerprint density at radius 1 is 1.14 bits per heavy atom. The van der Waals surface area contributed by atoms with E-state index in [0.717, 1.165) is 36.0 Å². The number of nitrogens with one attached hydrogen (secondary N) is 3. The summed E-state index contributed by atoms with van der Waals surface area (Å²) in [6.45, 7) is 2.08. The first-order chi connectivity index (χ1) is 14.1. The van der Waals surface area contributed by atoms with Gasteiger partial charge in [0.25, 0.3) is 5.91 Å². The molecular weight excluding hydrogens is 366 g/mol. The normalized spacial score (nSPS) is 16.8. The summed E-state index contributed by atoms with van der Waals surface area (Å²) in [6, 6.07) is 15.6. The van der Waals surface area contributed by atoms with Crippen molar-refractivity contribution in [3.63, 3.8) is 0 Å². The van der Waals surface area contributed by atoms with E-state index in [1.54, 1.807) is 0 Å². The van der Waals surface area contributed by atoms with Gasteiger partial charge in [0.05, 0.1) is 13.7 Å². The Bertz CT molecular complexity index is 1030. The maximum Gasteiger partial charge on any atom is 0.328 e. The molecule has 1 unspecified atom stereocenters. The van der Waals surface area contributed by atoms with Crippen LogP contribution >= 0.6 is 0 Å². The SMILES string of the molecule is COC(=O)[C@H](Cc1c[nH]c2ccccc12)NC(=O)C[NH+]1CCc2ccccc2C1. The van der Waals surface area contributed by atoms with E-state index in [2.05, 4.69) is 28.5 Å². The fourth-order valence-electron chi connectivity index (χ4n) is 4.12. The molecule has 0 saturated heterocycles. The van der Waals surface area contributed by atoms with Gasteiger partial charge >= 0.3 is 5.97 Å². The van der Waals surface area contributed by atoms with Gasteiger partial charge in [-0.05, 0) is 17.2 Å². The molecule has 150 valence electrons. The van der Waals surface area contributed by atoms with E-state index in [1.165, 1.54) is 23.1 Å². The highest BCUT2D eigenvalue weighted by atomic mass is 16.5. The summed E-state index contributed by atoms with van der Waals surface area (Å²) in [6.07, 6.45) is 3.24. The van der Waals surface area contributed by atoms with E-state index in [1.807, 2.05) is 36.5 Å². The summed E-state index contributed by atoms with van der Waals surface area (Å²) >= 11 is 0. The Labute approximate surface area is 169 Å². The second-order valence-electron chi connectivity index (χ2n) is 7.58. The number of fused-ring (bicyclic) bond motifs is 2. The lowest BCUT2D eigenvalue weighted by atomic mass is 10.00. The number of hydrogen-bond acceptors (Lipinski definition) is 3. The minimum atomic E-state index is -0.705. The van der Waals surface area contributed by atoms with Crippen molar-refractivity contribution in [1.29, 1.82) is 0 Å². The molecule has 0 spiro atoms. The van der Waals surface area contributed by atoms with Crippen LogP contribution in [-0.2, 0) is 33.7 Å². The molecule has 1 amide bonds. The highest BCUT2D eigenvalue weighted by molar-refractivity contribution is 5.87. The average Bonchev–Trinajstić information content (AvgIpc) is 3.15. The van der Waals surface area contributed by atoms with Crippen LogP contribution in [0.3, 0.4) is 0 Å². The van der Waals surface area contributed by atoms with Gasteiger partial charge in [-0.25, -0.2) is 4.79 Å². The Morgan fingerprint density at radius 2 is 1.90 bits per heavy atom. The third-order valence-corrected chi connectivity index (χ3v) is 5.64. The Hall–Kier alpha value is -3.12. The molecule has 0 aliphatic carbocycles. The van der Waals surface area contributed by atoms with Gasteiger partial charge in [0.1, 0.15) is 12.6 Å². The van der Waals surface area contributed by atoms with Crippen LogP contribution in [0.25, 0.3) is 10.9 Å². The Morgan fingerprint density at radius 3 is 2.72 bits per heavy atom. The van der Waals surface area contributed by atoms with Crippen molar-refractivity contribution in [1.82, 2.24) is 10.3 Å². The van der Waals surface area contributed by atoms with Crippen LogP contribution in [-0.4, -0.2) is 43.1 Å². The summed E-state index contributed by atoms with van der Waals surface area (Å²) in [5.41, 5.74) is 4.65. The van der Waals surface area contributed by atoms with Crippen LogP contribution in [0.1, 0.15) is 16.7 Å². The van der Waals surface area contributed by atoms with Crippen LogP contribution in [0.4, 0.5) is 0 Å². The molecule has 3 aromatic rings. The third-order valence-electron chi connectivity index (χ3n) is 5.64. The van der Waals surface area contributed by atoms with Crippen molar-refractivity contribution in [3.05, 3.63) is 71.4 Å². The highest BCUT2D eigenvalue weighted by Gasteiger charge is 2.26. The molecule has 1 aliphatic rings. The number of esters is 1. The second-order valence-corrected chi connectivity index (χ2v) is 7.58. The monoisotopic (exact) mass is 392 g/mol. The summed E-state index contributed by atoms with van der Waals surface area (Å²) in [5.74, 6) is -0.558. The quantitative estimate of drug-likeness (QED) is 0.548. The number of rotatable bonds is 6. The molecule has 29 heavy (non-hydrogen) atoms. The molecule has 6 nitrogen and oxygen atoms in total. The Kier molecular flexibility index (Phi) is 5.62. The summed E-state index contributed by atoms with van der Waals surface area (Å²) in [7, 11) is 1.35. The number of aromatic nitrogens is 1. The van der Waals surface area contributed by atoms with Gasteiger partial charge in [-0.3, -0.25) is 4.79 Å². The van der Waals surface area contributed by atoms with Crippen LogP contribution in [0, 0.1) is 0 Å². The standard InChI is InChI=1S/C23H25N3O3/c1-29-23(28)21(12-18-13-24-20-9-5-4-8-19(18)20)25-22(27)15-26-11-10-16-6-2-3-7-17(16)14-26/h2-9,13,21,24H,10-12,14-15H2,1H3,(H,25,27)/p+1/t21-/m0/s1. The lowest BCUT2D eigenvalue weighted by molar-refractivity contribution is -0.908. The van der Waals surface area contributed by atoms with Gasteiger partial charge in [-0.15, -0.1) is 0 Å². The van der Waals surface area contributed by atoms with Crippen LogP contribution in [0.2, 0.25) is 0 Å². The molecule has 0 radical (unpaired) electrons. The lowest BCUT2D eigenvalue weighted by Gasteiger charge is -2.26. The van der Waals surface area contributed by atoms with Gasteiger partial charge < -0.3 is 19.9 Å². The Balaban J connectivity index is 1.42. The first-order valence-corrected chi connectivity index (χ1v) is 9.96. The van der Waals surface area contributed by atoms with E-state index in [-0.39, 0.29) is 5.91 Å². The molecule has 0 fully saturated rings. The minimum absolute atomic E-state index is 0.130.